The maximum Gasteiger partial charge on any atom is 0.214 e. The fourth-order valence-electron chi connectivity index (χ4n) is 2.53. The SMILES string of the molecule is COc1cc(CNn2c(C)n[nH]c2=S)c(Br)cc1OCc1c(Cl)cccc1Cl. The van der Waals surface area contributed by atoms with E-state index in [-0.39, 0.29) is 6.61 Å². The summed E-state index contributed by atoms with van der Waals surface area (Å²) in [6, 6.07) is 9.08. The van der Waals surface area contributed by atoms with Gasteiger partial charge in [0.15, 0.2) is 11.5 Å². The Bertz CT molecular complexity index is 1030. The number of hydrogen-bond donors (Lipinski definition) is 2. The van der Waals surface area contributed by atoms with Crippen LogP contribution in [0.5, 0.6) is 11.5 Å². The third kappa shape index (κ3) is 4.63. The molecule has 0 aliphatic carbocycles. The van der Waals surface area contributed by atoms with Gasteiger partial charge in [0.25, 0.3) is 0 Å². The third-order valence-electron chi connectivity index (χ3n) is 4.03. The summed E-state index contributed by atoms with van der Waals surface area (Å²) >= 11 is 21.2. The zero-order chi connectivity index (χ0) is 20.3. The molecule has 2 N–H and O–H groups in total. The van der Waals surface area contributed by atoms with Gasteiger partial charge in [0, 0.05) is 20.1 Å². The van der Waals surface area contributed by atoms with Crippen molar-refractivity contribution < 1.29 is 9.47 Å². The number of methoxy groups -OCH3 is 1. The number of aromatic amines is 1. The van der Waals surface area contributed by atoms with Crippen LogP contribution < -0.4 is 14.9 Å². The Morgan fingerprint density at radius 2 is 1.96 bits per heavy atom. The number of halogens is 3. The van der Waals surface area contributed by atoms with Gasteiger partial charge < -0.3 is 14.9 Å². The fourth-order valence-corrected chi connectivity index (χ4v) is 3.74. The molecule has 0 bridgehead atoms. The zero-order valence-corrected chi connectivity index (χ0v) is 19.0. The lowest BCUT2D eigenvalue weighted by atomic mass is 10.2. The smallest absolute Gasteiger partial charge is 0.214 e. The largest absolute Gasteiger partial charge is 0.493 e. The summed E-state index contributed by atoms with van der Waals surface area (Å²) < 4.78 is 14.5. The molecule has 0 unspecified atom stereocenters. The molecule has 0 saturated heterocycles. The van der Waals surface area contributed by atoms with E-state index in [4.69, 9.17) is 44.9 Å². The quantitative estimate of drug-likeness (QED) is 0.408. The summed E-state index contributed by atoms with van der Waals surface area (Å²) in [4.78, 5) is 0. The van der Waals surface area contributed by atoms with Crippen molar-refractivity contribution in [2.75, 3.05) is 12.5 Å². The van der Waals surface area contributed by atoms with E-state index in [2.05, 4.69) is 31.6 Å². The molecule has 28 heavy (non-hydrogen) atoms. The number of aryl methyl sites for hydroxylation is 1. The second kappa shape index (κ2) is 9.17. The van der Waals surface area contributed by atoms with Crippen molar-refractivity contribution in [3.05, 3.63) is 66.6 Å². The first kappa shape index (κ1) is 21.0. The summed E-state index contributed by atoms with van der Waals surface area (Å²) in [5.41, 5.74) is 4.90. The Balaban J connectivity index is 1.78. The van der Waals surface area contributed by atoms with Gasteiger partial charge >= 0.3 is 0 Å². The number of nitrogens with zero attached hydrogens (tertiary/aromatic N) is 2. The maximum atomic E-state index is 6.21. The zero-order valence-electron chi connectivity index (χ0n) is 15.1. The third-order valence-corrected chi connectivity index (χ3v) is 5.75. The monoisotopic (exact) mass is 502 g/mol. The van der Waals surface area contributed by atoms with Crippen LogP contribution >= 0.6 is 51.3 Å². The van der Waals surface area contributed by atoms with Crippen molar-refractivity contribution in [2.24, 2.45) is 0 Å². The summed E-state index contributed by atoms with van der Waals surface area (Å²) in [5, 5.41) is 7.92. The molecular formula is C18H17BrCl2N4O2S. The van der Waals surface area contributed by atoms with Gasteiger partial charge in [-0.05, 0) is 49.0 Å². The summed E-state index contributed by atoms with van der Waals surface area (Å²) in [7, 11) is 1.59. The van der Waals surface area contributed by atoms with Crippen LogP contribution in [0.1, 0.15) is 17.0 Å². The molecule has 0 aliphatic rings. The molecule has 10 heteroatoms. The highest BCUT2D eigenvalue weighted by Gasteiger charge is 2.13. The molecule has 0 atom stereocenters. The van der Waals surface area contributed by atoms with E-state index in [1.165, 1.54) is 0 Å². The summed E-state index contributed by atoms with van der Waals surface area (Å²) in [5.74, 6) is 1.91. The molecule has 3 aromatic rings. The molecule has 3 rings (SSSR count). The number of H-pyrrole nitrogens is 1. The van der Waals surface area contributed by atoms with Crippen molar-refractivity contribution in [2.45, 2.75) is 20.1 Å². The highest BCUT2D eigenvalue weighted by molar-refractivity contribution is 9.10. The first-order chi connectivity index (χ1) is 13.4. The molecular weight excluding hydrogens is 487 g/mol. The lowest BCUT2D eigenvalue weighted by Crippen LogP contribution is -2.16. The van der Waals surface area contributed by atoms with Crippen molar-refractivity contribution >= 4 is 51.3 Å². The number of rotatable bonds is 7. The Kier molecular flexibility index (Phi) is 6.87. The van der Waals surface area contributed by atoms with Gasteiger partial charge in [-0.25, -0.2) is 4.68 Å². The minimum atomic E-state index is 0.224. The van der Waals surface area contributed by atoms with Crippen molar-refractivity contribution in [1.29, 1.82) is 0 Å². The van der Waals surface area contributed by atoms with Crippen LogP contribution in [-0.4, -0.2) is 22.0 Å². The van der Waals surface area contributed by atoms with E-state index in [1.807, 2.05) is 19.1 Å². The van der Waals surface area contributed by atoms with Gasteiger partial charge in [0.05, 0.1) is 13.7 Å². The Morgan fingerprint density at radius 1 is 1.25 bits per heavy atom. The van der Waals surface area contributed by atoms with Crippen LogP contribution in [-0.2, 0) is 13.2 Å². The number of ether oxygens (including phenoxy) is 2. The summed E-state index contributed by atoms with van der Waals surface area (Å²) in [6.07, 6.45) is 0. The second-order valence-corrected chi connectivity index (χ2v) is 7.89. The van der Waals surface area contributed by atoms with Gasteiger partial charge in [-0.1, -0.05) is 45.2 Å². The fraction of sp³-hybridized carbons (Fsp3) is 0.222. The predicted octanol–water partition coefficient (Wildman–Crippen LogP) is 5.65. The average Bonchev–Trinajstić information content (AvgIpc) is 2.98. The lowest BCUT2D eigenvalue weighted by molar-refractivity contribution is 0.284. The Hall–Kier alpha value is -1.74. The van der Waals surface area contributed by atoms with E-state index < -0.39 is 0 Å². The predicted molar refractivity (Wildman–Crippen MR) is 117 cm³/mol. The van der Waals surface area contributed by atoms with E-state index in [1.54, 1.807) is 30.0 Å². The van der Waals surface area contributed by atoms with Crippen LogP contribution in [0.3, 0.4) is 0 Å². The maximum absolute atomic E-state index is 6.21. The minimum absolute atomic E-state index is 0.224. The number of benzene rings is 2. The van der Waals surface area contributed by atoms with Crippen molar-refractivity contribution in [3.63, 3.8) is 0 Å². The average molecular weight is 504 g/mol. The molecule has 0 spiro atoms. The minimum Gasteiger partial charge on any atom is -0.493 e. The van der Waals surface area contributed by atoms with E-state index in [0.29, 0.717) is 32.9 Å². The van der Waals surface area contributed by atoms with Gasteiger partial charge in [-0.15, -0.1) is 0 Å². The van der Waals surface area contributed by atoms with E-state index >= 15 is 0 Å². The van der Waals surface area contributed by atoms with Gasteiger partial charge in [0.1, 0.15) is 12.4 Å². The molecule has 0 fully saturated rings. The highest BCUT2D eigenvalue weighted by Crippen LogP contribution is 2.35. The molecule has 148 valence electrons. The second-order valence-electron chi connectivity index (χ2n) is 5.83. The molecule has 0 radical (unpaired) electrons. The van der Waals surface area contributed by atoms with Crippen molar-refractivity contribution in [3.8, 4) is 11.5 Å². The van der Waals surface area contributed by atoms with Crippen molar-refractivity contribution in [1.82, 2.24) is 14.9 Å². The Labute approximate surface area is 185 Å². The first-order valence-electron chi connectivity index (χ1n) is 8.20. The van der Waals surface area contributed by atoms with Crippen LogP contribution in [0.4, 0.5) is 0 Å². The molecule has 1 aromatic heterocycles. The van der Waals surface area contributed by atoms with Crippen LogP contribution in [0, 0.1) is 11.7 Å². The van der Waals surface area contributed by atoms with E-state index in [0.717, 1.165) is 21.4 Å². The summed E-state index contributed by atoms with van der Waals surface area (Å²) in [6.45, 7) is 2.58. The molecule has 2 aromatic carbocycles. The Morgan fingerprint density at radius 3 is 2.57 bits per heavy atom. The first-order valence-corrected chi connectivity index (χ1v) is 10.2. The van der Waals surface area contributed by atoms with Gasteiger partial charge in [-0.2, -0.15) is 5.10 Å². The molecule has 1 heterocycles. The normalized spacial score (nSPS) is 10.8. The lowest BCUT2D eigenvalue weighted by Gasteiger charge is -2.16. The number of hydrogen-bond acceptors (Lipinski definition) is 5. The standard InChI is InChI=1S/C18H17BrCl2N4O2S/c1-10-23-24-18(28)25(10)22-8-11-6-16(26-2)17(7-13(11)19)27-9-12-14(20)4-3-5-15(12)21/h3-7,22H,8-9H2,1-2H3,(H,24,28). The topological polar surface area (TPSA) is 64.1 Å². The van der Waals surface area contributed by atoms with Crippen LogP contribution in [0.2, 0.25) is 10.0 Å². The molecule has 0 amide bonds. The van der Waals surface area contributed by atoms with Gasteiger partial charge in [-0.3, -0.25) is 5.10 Å². The molecule has 6 nitrogen and oxygen atoms in total. The van der Waals surface area contributed by atoms with Crippen LogP contribution in [0.25, 0.3) is 0 Å². The molecule has 0 aliphatic heterocycles. The van der Waals surface area contributed by atoms with Gasteiger partial charge in [0.2, 0.25) is 4.77 Å². The highest BCUT2D eigenvalue weighted by atomic mass is 79.9. The molecule has 0 saturated carbocycles. The van der Waals surface area contributed by atoms with Crippen LogP contribution in [0.15, 0.2) is 34.8 Å². The number of nitrogens with one attached hydrogen (secondary N) is 2. The number of aromatic nitrogens is 3. The van der Waals surface area contributed by atoms with E-state index in [9.17, 15) is 0 Å².